The van der Waals surface area contributed by atoms with Crippen LogP contribution >= 0.6 is 0 Å². The molecule has 0 bridgehead atoms. The summed E-state index contributed by atoms with van der Waals surface area (Å²) in [6.45, 7) is 7.58. The molecule has 39 heavy (non-hydrogen) atoms. The Kier molecular flexibility index (Phi) is 8.38. The van der Waals surface area contributed by atoms with E-state index in [1.165, 1.54) is 17.8 Å². The van der Waals surface area contributed by atoms with Gasteiger partial charge in [0.25, 0.3) is 0 Å². The van der Waals surface area contributed by atoms with Crippen LogP contribution in [0, 0.1) is 6.92 Å². The fraction of sp³-hybridized carbons (Fsp3) is 0.370. The second kappa shape index (κ2) is 11.6. The fourth-order valence-corrected chi connectivity index (χ4v) is 6.23. The van der Waals surface area contributed by atoms with E-state index in [2.05, 4.69) is 20.5 Å². The highest BCUT2D eigenvalue weighted by Gasteiger charge is 2.32. The first-order valence-corrected chi connectivity index (χ1v) is 13.9. The zero-order chi connectivity index (χ0) is 28.2. The zero-order valence-corrected chi connectivity index (χ0v) is 23.2. The monoisotopic (exact) mass is 555 g/mol. The Morgan fingerprint density at radius 2 is 1.79 bits per heavy atom. The van der Waals surface area contributed by atoms with E-state index in [1.54, 1.807) is 49.5 Å². The highest BCUT2D eigenvalue weighted by molar-refractivity contribution is 7.89. The van der Waals surface area contributed by atoms with E-state index in [4.69, 9.17) is 9.15 Å². The van der Waals surface area contributed by atoms with E-state index < -0.39 is 27.4 Å². The van der Waals surface area contributed by atoms with Gasteiger partial charge in [-0.2, -0.15) is 4.31 Å². The lowest BCUT2D eigenvalue weighted by Crippen LogP contribution is -2.57. The molecule has 11 nitrogen and oxygen atoms in total. The molecule has 3 aromatic rings. The van der Waals surface area contributed by atoms with Crippen LogP contribution in [-0.2, 0) is 19.6 Å². The Morgan fingerprint density at radius 1 is 1.08 bits per heavy atom. The molecule has 4 rings (SSSR count). The standard InChI is InChI=1S/C27H33N5O6S/c1-19-7-5-6-8-24(19)39(35,36)32-13-11-31(12-14-32)17-27(2,3)30-26(34)25(33)29-20-9-10-21(22(15-20)37-4)23-16-28-18-38-23/h5-10,15-16,18H,11-14,17H2,1-4H3,(H,29,33)(H,30,34). The molecule has 12 heteroatoms. The molecule has 0 radical (unpaired) electrons. The molecular weight excluding hydrogens is 522 g/mol. The highest BCUT2D eigenvalue weighted by Crippen LogP contribution is 2.32. The predicted molar refractivity (Wildman–Crippen MR) is 146 cm³/mol. The summed E-state index contributed by atoms with van der Waals surface area (Å²) in [5.41, 5.74) is 1.02. The van der Waals surface area contributed by atoms with Crippen LogP contribution in [0.15, 0.2) is 64.4 Å². The number of benzene rings is 2. The number of amides is 2. The number of rotatable bonds is 8. The van der Waals surface area contributed by atoms with Gasteiger partial charge in [-0.25, -0.2) is 13.4 Å². The number of methoxy groups -OCH3 is 1. The van der Waals surface area contributed by atoms with Crippen molar-refractivity contribution in [1.82, 2.24) is 19.5 Å². The lowest BCUT2D eigenvalue weighted by molar-refractivity contribution is -0.137. The highest BCUT2D eigenvalue weighted by atomic mass is 32.2. The van der Waals surface area contributed by atoms with Crippen LogP contribution in [0.1, 0.15) is 19.4 Å². The number of piperazine rings is 1. The van der Waals surface area contributed by atoms with E-state index in [1.807, 2.05) is 19.9 Å². The van der Waals surface area contributed by atoms with Crippen molar-refractivity contribution in [1.29, 1.82) is 0 Å². The SMILES string of the molecule is COc1cc(NC(=O)C(=O)NC(C)(C)CN2CCN(S(=O)(=O)c3ccccc3C)CC2)ccc1-c1cnco1. The Balaban J connectivity index is 1.31. The van der Waals surface area contributed by atoms with Crippen molar-refractivity contribution in [2.75, 3.05) is 45.2 Å². The molecule has 2 aromatic carbocycles. The predicted octanol–water partition coefficient (Wildman–Crippen LogP) is 2.50. The van der Waals surface area contributed by atoms with E-state index in [0.717, 1.165) is 0 Å². The van der Waals surface area contributed by atoms with Crippen LogP contribution in [0.3, 0.4) is 0 Å². The maximum atomic E-state index is 13.1. The first-order valence-electron chi connectivity index (χ1n) is 12.5. The summed E-state index contributed by atoms with van der Waals surface area (Å²) in [7, 11) is -2.08. The van der Waals surface area contributed by atoms with Gasteiger partial charge < -0.3 is 19.8 Å². The second-order valence-corrected chi connectivity index (χ2v) is 11.9. The van der Waals surface area contributed by atoms with Gasteiger partial charge in [0, 0.05) is 50.0 Å². The number of anilines is 1. The number of carbonyl (C=O) groups excluding carboxylic acids is 2. The van der Waals surface area contributed by atoms with Crippen molar-refractivity contribution in [3.63, 3.8) is 0 Å². The number of ether oxygens (including phenoxy) is 1. The van der Waals surface area contributed by atoms with E-state index in [-0.39, 0.29) is 0 Å². The molecule has 0 atom stereocenters. The third kappa shape index (κ3) is 6.64. The molecule has 0 spiro atoms. The largest absolute Gasteiger partial charge is 0.496 e. The van der Waals surface area contributed by atoms with Gasteiger partial charge in [0.2, 0.25) is 10.0 Å². The minimum Gasteiger partial charge on any atom is -0.496 e. The quantitative estimate of drug-likeness (QED) is 0.405. The molecule has 1 aliphatic heterocycles. The maximum absolute atomic E-state index is 13.1. The van der Waals surface area contributed by atoms with Gasteiger partial charge >= 0.3 is 11.8 Å². The number of hydrogen-bond donors (Lipinski definition) is 2. The van der Waals surface area contributed by atoms with Crippen molar-refractivity contribution in [3.05, 3.63) is 60.6 Å². The van der Waals surface area contributed by atoms with Gasteiger partial charge in [-0.05, 0) is 44.5 Å². The average molecular weight is 556 g/mol. The summed E-state index contributed by atoms with van der Waals surface area (Å²) in [6.07, 6.45) is 2.86. The molecule has 1 fully saturated rings. The van der Waals surface area contributed by atoms with Gasteiger partial charge in [0.05, 0.1) is 23.8 Å². The van der Waals surface area contributed by atoms with Crippen molar-refractivity contribution in [2.24, 2.45) is 0 Å². The number of nitrogens with zero attached hydrogens (tertiary/aromatic N) is 3. The molecular formula is C27H33N5O6S. The molecule has 208 valence electrons. The second-order valence-electron chi connectivity index (χ2n) is 10.0. The van der Waals surface area contributed by atoms with Crippen molar-refractivity contribution in [3.8, 4) is 17.1 Å². The summed E-state index contributed by atoms with van der Waals surface area (Å²) in [4.78, 5) is 31.6. The Hall–Kier alpha value is -3.74. The van der Waals surface area contributed by atoms with Crippen molar-refractivity contribution in [2.45, 2.75) is 31.2 Å². The molecule has 1 saturated heterocycles. The molecule has 0 saturated carbocycles. The first kappa shape index (κ1) is 28.3. The number of sulfonamides is 1. The van der Waals surface area contributed by atoms with Crippen LogP contribution < -0.4 is 15.4 Å². The topological polar surface area (TPSA) is 134 Å². The van der Waals surface area contributed by atoms with Gasteiger partial charge in [-0.15, -0.1) is 0 Å². The fourth-order valence-electron chi connectivity index (χ4n) is 4.58. The number of hydrogen-bond acceptors (Lipinski definition) is 8. The molecule has 1 aromatic heterocycles. The summed E-state index contributed by atoms with van der Waals surface area (Å²) < 4.78 is 38.3. The summed E-state index contributed by atoms with van der Waals surface area (Å²) in [5, 5.41) is 5.38. The number of carbonyl (C=O) groups is 2. The average Bonchev–Trinajstić information content (AvgIpc) is 3.43. The summed E-state index contributed by atoms with van der Waals surface area (Å²) >= 11 is 0. The smallest absolute Gasteiger partial charge is 0.313 e. The van der Waals surface area contributed by atoms with Gasteiger partial charge in [-0.3, -0.25) is 14.5 Å². The Morgan fingerprint density at radius 3 is 2.44 bits per heavy atom. The van der Waals surface area contributed by atoms with Crippen LogP contribution in [0.25, 0.3) is 11.3 Å². The molecule has 0 aliphatic carbocycles. The summed E-state index contributed by atoms with van der Waals surface area (Å²) in [6, 6.07) is 11.9. The van der Waals surface area contributed by atoms with E-state index in [9.17, 15) is 18.0 Å². The maximum Gasteiger partial charge on any atom is 0.313 e. The number of oxazole rings is 1. The number of aromatic nitrogens is 1. The minimum absolute atomic E-state index is 0.322. The molecule has 1 aliphatic rings. The van der Waals surface area contributed by atoms with E-state index >= 15 is 0 Å². The van der Waals surface area contributed by atoms with Crippen LogP contribution in [0.2, 0.25) is 0 Å². The molecule has 2 N–H and O–H groups in total. The van der Waals surface area contributed by atoms with Gasteiger partial charge in [0.1, 0.15) is 5.75 Å². The normalized spacial score (nSPS) is 15.1. The van der Waals surface area contributed by atoms with Crippen LogP contribution in [0.5, 0.6) is 5.75 Å². The van der Waals surface area contributed by atoms with Crippen LogP contribution in [0.4, 0.5) is 5.69 Å². The first-order chi connectivity index (χ1) is 18.5. The number of nitrogens with one attached hydrogen (secondary N) is 2. The number of aryl methyl sites for hydroxylation is 1. The molecule has 2 amide bonds. The van der Waals surface area contributed by atoms with Crippen molar-refractivity contribution >= 4 is 27.5 Å². The third-order valence-corrected chi connectivity index (χ3v) is 8.54. The Bertz CT molecular complexity index is 1430. The lowest BCUT2D eigenvalue weighted by Gasteiger charge is -2.38. The molecule has 0 unspecified atom stereocenters. The lowest BCUT2D eigenvalue weighted by atomic mass is 10.0. The van der Waals surface area contributed by atoms with Gasteiger partial charge in [-0.1, -0.05) is 18.2 Å². The minimum atomic E-state index is -3.57. The Labute approximate surface area is 228 Å². The van der Waals surface area contributed by atoms with Gasteiger partial charge in [0.15, 0.2) is 12.2 Å². The summed E-state index contributed by atoms with van der Waals surface area (Å²) in [5.74, 6) is -0.627. The van der Waals surface area contributed by atoms with Crippen LogP contribution in [-0.4, -0.2) is 79.8 Å². The third-order valence-electron chi connectivity index (χ3n) is 6.48. The molecule has 2 heterocycles. The van der Waals surface area contributed by atoms with Crippen molar-refractivity contribution < 1.29 is 27.2 Å². The van der Waals surface area contributed by atoms with E-state index in [0.29, 0.717) is 65.9 Å². The zero-order valence-electron chi connectivity index (χ0n) is 22.4.